The lowest BCUT2D eigenvalue weighted by atomic mass is 9.86. The Hall–Kier alpha value is -2.53. The third-order valence-electron chi connectivity index (χ3n) is 4.68. The SMILES string of the molecule is CCNC(=NCc1ccc(C(=O)N(C)C)cc1)NCC(C)(C)Cc1cccc(Cl)c1. The van der Waals surface area contributed by atoms with Gasteiger partial charge in [-0.1, -0.05) is 49.7 Å². The Labute approximate surface area is 185 Å². The van der Waals surface area contributed by atoms with Gasteiger partial charge in [-0.15, -0.1) is 0 Å². The van der Waals surface area contributed by atoms with Gasteiger partial charge in [-0.05, 0) is 54.2 Å². The van der Waals surface area contributed by atoms with Gasteiger partial charge in [-0.25, -0.2) is 4.99 Å². The molecule has 2 rings (SSSR count). The molecule has 2 aromatic rings. The second-order valence-corrected chi connectivity index (χ2v) is 8.85. The van der Waals surface area contributed by atoms with E-state index in [4.69, 9.17) is 16.6 Å². The maximum absolute atomic E-state index is 12.0. The van der Waals surface area contributed by atoms with E-state index in [0.29, 0.717) is 12.1 Å². The normalized spacial score (nSPS) is 11.9. The number of benzene rings is 2. The van der Waals surface area contributed by atoms with Crippen molar-refractivity contribution >= 4 is 23.5 Å². The van der Waals surface area contributed by atoms with Crippen LogP contribution in [0.25, 0.3) is 0 Å². The number of amides is 1. The zero-order valence-electron chi connectivity index (χ0n) is 18.6. The van der Waals surface area contributed by atoms with Gasteiger partial charge in [-0.3, -0.25) is 4.79 Å². The van der Waals surface area contributed by atoms with Crippen LogP contribution < -0.4 is 10.6 Å². The van der Waals surface area contributed by atoms with Crippen LogP contribution in [-0.4, -0.2) is 44.0 Å². The molecule has 0 heterocycles. The molecule has 0 spiro atoms. The van der Waals surface area contributed by atoms with Gasteiger partial charge in [-0.2, -0.15) is 0 Å². The summed E-state index contributed by atoms with van der Waals surface area (Å²) in [4.78, 5) is 18.3. The molecule has 0 saturated carbocycles. The minimum absolute atomic E-state index is 0.00184. The lowest BCUT2D eigenvalue weighted by Gasteiger charge is -2.26. The minimum Gasteiger partial charge on any atom is -0.357 e. The quantitative estimate of drug-likeness (QED) is 0.485. The molecular formula is C24H33ClN4O. The van der Waals surface area contributed by atoms with E-state index in [1.165, 1.54) is 5.56 Å². The van der Waals surface area contributed by atoms with E-state index in [1.54, 1.807) is 19.0 Å². The highest BCUT2D eigenvalue weighted by molar-refractivity contribution is 6.30. The van der Waals surface area contributed by atoms with Crippen LogP contribution in [0.4, 0.5) is 0 Å². The van der Waals surface area contributed by atoms with Crippen LogP contribution in [0.3, 0.4) is 0 Å². The number of guanidine groups is 1. The van der Waals surface area contributed by atoms with E-state index in [-0.39, 0.29) is 11.3 Å². The first-order valence-electron chi connectivity index (χ1n) is 10.3. The van der Waals surface area contributed by atoms with Crippen LogP contribution in [-0.2, 0) is 13.0 Å². The van der Waals surface area contributed by atoms with Crippen LogP contribution in [0.15, 0.2) is 53.5 Å². The van der Waals surface area contributed by atoms with Crippen molar-refractivity contribution in [1.29, 1.82) is 0 Å². The molecule has 5 nitrogen and oxygen atoms in total. The molecule has 0 aromatic heterocycles. The molecule has 0 saturated heterocycles. The number of hydrogen-bond donors (Lipinski definition) is 2. The van der Waals surface area contributed by atoms with Gasteiger partial charge in [0.1, 0.15) is 0 Å². The molecule has 6 heteroatoms. The van der Waals surface area contributed by atoms with Gasteiger partial charge in [0.2, 0.25) is 0 Å². The summed E-state index contributed by atoms with van der Waals surface area (Å²) in [6.07, 6.45) is 0.918. The number of aliphatic imine (C=N–C) groups is 1. The summed E-state index contributed by atoms with van der Waals surface area (Å²) in [7, 11) is 3.51. The van der Waals surface area contributed by atoms with Gasteiger partial charge in [0.25, 0.3) is 5.91 Å². The van der Waals surface area contributed by atoms with E-state index in [2.05, 4.69) is 37.5 Å². The summed E-state index contributed by atoms with van der Waals surface area (Å²) in [5.74, 6) is 0.784. The molecular weight excluding hydrogens is 396 g/mol. The Morgan fingerprint density at radius 2 is 1.77 bits per heavy atom. The summed E-state index contributed by atoms with van der Waals surface area (Å²) >= 11 is 6.12. The van der Waals surface area contributed by atoms with Crippen LogP contribution >= 0.6 is 11.6 Å². The van der Waals surface area contributed by atoms with Gasteiger partial charge in [0, 0.05) is 37.8 Å². The average Bonchev–Trinajstić information content (AvgIpc) is 2.69. The average molecular weight is 429 g/mol. The maximum Gasteiger partial charge on any atom is 0.253 e. The number of hydrogen-bond acceptors (Lipinski definition) is 2. The fourth-order valence-corrected chi connectivity index (χ4v) is 3.32. The third kappa shape index (κ3) is 7.71. The Balaban J connectivity index is 1.97. The highest BCUT2D eigenvalue weighted by atomic mass is 35.5. The molecule has 0 unspecified atom stereocenters. The van der Waals surface area contributed by atoms with Gasteiger partial charge in [0.05, 0.1) is 6.54 Å². The molecule has 0 aliphatic heterocycles. The molecule has 0 aliphatic carbocycles. The van der Waals surface area contributed by atoms with E-state index < -0.39 is 0 Å². The molecule has 30 heavy (non-hydrogen) atoms. The second kappa shape index (κ2) is 11.0. The predicted octanol–water partition coefficient (Wildman–Crippen LogP) is 4.37. The minimum atomic E-state index is 0.00184. The molecule has 0 radical (unpaired) electrons. The van der Waals surface area contributed by atoms with Gasteiger partial charge >= 0.3 is 0 Å². The van der Waals surface area contributed by atoms with Crippen LogP contribution in [0.1, 0.15) is 42.3 Å². The Morgan fingerprint density at radius 1 is 1.07 bits per heavy atom. The zero-order chi connectivity index (χ0) is 22.1. The molecule has 2 aromatic carbocycles. The molecule has 0 aliphatic rings. The predicted molar refractivity (Wildman–Crippen MR) is 126 cm³/mol. The number of halogens is 1. The summed E-state index contributed by atoms with van der Waals surface area (Å²) in [5, 5.41) is 7.52. The fraction of sp³-hybridized carbons (Fsp3) is 0.417. The van der Waals surface area contributed by atoms with E-state index in [9.17, 15) is 4.79 Å². The van der Waals surface area contributed by atoms with Crippen LogP contribution in [0.2, 0.25) is 5.02 Å². The van der Waals surface area contributed by atoms with Crippen molar-refractivity contribution in [2.24, 2.45) is 10.4 Å². The number of nitrogens with one attached hydrogen (secondary N) is 2. The summed E-state index contributed by atoms with van der Waals surface area (Å²) in [6, 6.07) is 15.6. The Bertz CT molecular complexity index is 860. The first-order valence-corrected chi connectivity index (χ1v) is 10.7. The molecule has 162 valence electrons. The van der Waals surface area contributed by atoms with Crippen molar-refractivity contribution in [2.75, 3.05) is 27.2 Å². The molecule has 0 fully saturated rings. The number of rotatable bonds is 8. The Kier molecular flexibility index (Phi) is 8.72. The van der Waals surface area contributed by atoms with Crippen molar-refractivity contribution in [1.82, 2.24) is 15.5 Å². The topological polar surface area (TPSA) is 56.7 Å². The second-order valence-electron chi connectivity index (χ2n) is 8.42. The van der Waals surface area contributed by atoms with Crippen molar-refractivity contribution in [3.8, 4) is 0 Å². The zero-order valence-corrected chi connectivity index (χ0v) is 19.4. The third-order valence-corrected chi connectivity index (χ3v) is 4.91. The van der Waals surface area contributed by atoms with E-state index in [0.717, 1.165) is 36.1 Å². The molecule has 2 N–H and O–H groups in total. The Morgan fingerprint density at radius 3 is 2.37 bits per heavy atom. The highest BCUT2D eigenvalue weighted by Crippen LogP contribution is 2.22. The van der Waals surface area contributed by atoms with Crippen molar-refractivity contribution in [3.05, 3.63) is 70.2 Å². The highest BCUT2D eigenvalue weighted by Gasteiger charge is 2.19. The first-order chi connectivity index (χ1) is 14.2. The van der Waals surface area contributed by atoms with E-state index >= 15 is 0 Å². The molecule has 0 atom stereocenters. The fourth-order valence-electron chi connectivity index (χ4n) is 3.11. The standard InChI is InChI=1S/C24H33ClN4O/c1-6-26-23(27-16-18-10-12-20(13-11-18)22(30)29(4)5)28-17-24(2,3)15-19-8-7-9-21(25)14-19/h7-14H,6,15-17H2,1-5H3,(H2,26,27,28). The smallest absolute Gasteiger partial charge is 0.253 e. The lowest BCUT2D eigenvalue weighted by Crippen LogP contribution is -2.42. The number of nitrogens with zero attached hydrogens (tertiary/aromatic N) is 2. The molecule has 1 amide bonds. The summed E-state index contributed by atoms with van der Waals surface area (Å²) in [6.45, 7) is 8.62. The number of carbonyl (C=O) groups excluding carboxylic acids is 1. The number of carbonyl (C=O) groups is 1. The van der Waals surface area contributed by atoms with Crippen molar-refractivity contribution in [2.45, 2.75) is 33.7 Å². The molecule has 0 bridgehead atoms. The van der Waals surface area contributed by atoms with E-state index in [1.807, 2.05) is 42.5 Å². The van der Waals surface area contributed by atoms with Gasteiger partial charge < -0.3 is 15.5 Å². The van der Waals surface area contributed by atoms with Crippen molar-refractivity contribution < 1.29 is 4.79 Å². The van der Waals surface area contributed by atoms with Gasteiger partial charge in [0.15, 0.2) is 5.96 Å². The summed E-state index contributed by atoms with van der Waals surface area (Å²) in [5.41, 5.74) is 3.00. The maximum atomic E-state index is 12.0. The largest absolute Gasteiger partial charge is 0.357 e. The summed E-state index contributed by atoms with van der Waals surface area (Å²) < 4.78 is 0. The first kappa shape index (κ1) is 23.7. The lowest BCUT2D eigenvalue weighted by molar-refractivity contribution is 0.0827. The van der Waals surface area contributed by atoms with Crippen LogP contribution in [0.5, 0.6) is 0 Å². The van der Waals surface area contributed by atoms with Crippen molar-refractivity contribution in [3.63, 3.8) is 0 Å². The monoisotopic (exact) mass is 428 g/mol. The van der Waals surface area contributed by atoms with Crippen LogP contribution in [0, 0.1) is 5.41 Å².